The van der Waals surface area contributed by atoms with Crippen molar-refractivity contribution in [2.24, 2.45) is 0 Å². The minimum absolute atomic E-state index is 0.782. The molecule has 0 aliphatic heterocycles. The van der Waals surface area contributed by atoms with Gasteiger partial charge in [-0.2, -0.15) is 0 Å². The van der Waals surface area contributed by atoms with E-state index in [0.717, 1.165) is 18.6 Å². The van der Waals surface area contributed by atoms with Gasteiger partial charge in [0.1, 0.15) is 5.60 Å². The van der Waals surface area contributed by atoms with Crippen LogP contribution in [0.5, 0.6) is 0 Å². The van der Waals surface area contributed by atoms with E-state index in [1.54, 1.807) is 11.8 Å². The quantitative estimate of drug-likeness (QED) is 0.540. The average Bonchev–Trinajstić information content (AvgIpc) is 2.13. The first-order valence-electron chi connectivity index (χ1n) is 5.48. The van der Waals surface area contributed by atoms with Crippen LogP contribution in [0.25, 0.3) is 0 Å². The fourth-order valence-electron chi connectivity index (χ4n) is 1.18. The van der Waals surface area contributed by atoms with E-state index in [1.165, 1.54) is 19.3 Å². The van der Waals surface area contributed by atoms with Crippen LogP contribution in [-0.4, -0.2) is 16.5 Å². The second-order valence-corrected chi connectivity index (χ2v) is 4.81. The van der Waals surface area contributed by atoms with Crippen molar-refractivity contribution in [3.8, 4) is 11.2 Å². The SMILES string of the molecule is CCCCCCC(C)(O)C#CSCC. The summed E-state index contributed by atoms with van der Waals surface area (Å²) in [6.07, 6.45) is 5.57. The first-order chi connectivity index (χ1) is 6.62. The van der Waals surface area contributed by atoms with Crippen molar-refractivity contribution in [3.05, 3.63) is 0 Å². The maximum absolute atomic E-state index is 9.85. The van der Waals surface area contributed by atoms with E-state index in [4.69, 9.17) is 0 Å². The van der Waals surface area contributed by atoms with Gasteiger partial charge in [-0.05, 0) is 25.0 Å². The molecular weight excluding hydrogens is 192 g/mol. The molecule has 1 atom stereocenters. The molecule has 0 aromatic rings. The van der Waals surface area contributed by atoms with Crippen molar-refractivity contribution in [3.63, 3.8) is 0 Å². The molecule has 14 heavy (non-hydrogen) atoms. The van der Waals surface area contributed by atoms with Gasteiger partial charge in [-0.15, -0.1) is 0 Å². The normalized spacial score (nSPS) is 14.3. The van der Waals surface area contributed by atoms with Crippen LogP contribution in [0.2, 0.25) is 0 Å². The van der Waals surface area contributed by atoms with Crippen molar-refractivity contribution >= 4 is 11.8 Å². The van der Waals surface area contributed by atoms with Crippen LogP contribution in [0.1, 0.15) is 52.9 Å². The predicted octanol–water partition coefficient (Wildman–Crippen LogP) is 3.42. The topological polar surface area (TPSA) is 20.2 Å². The lowest BCUT2D eigenvalue weighted by molar-refractivity contribution is 0.109. The highest BCUT2D eigenvalue weighted by Gasteiger charge is 2.15. The van der Waals surface area contributed by atoms with Gasteiger partial charge in [0.2, 0.25) is 0 Å². The van der Waals surface area contributed by atoms with E-state index in [1.807, 2.05) is 6.92 Å². The maximum Gasteiger partial charge on any atom is 0.123 e. The Kier molecular flexibility index (Phi) is 8.12. The van der Waals surface area contributed by atoms with Crippen LogP contribution >= 0.6 is 11.8 Å². The summed E-state index contributed by atoms with van der Waals surface area (Å²) in [5, 5.41) is 12.8. The number of unbranched alkanes of at least 4 members (excludes halogenated alkanes) is 3. The summed E-state index contributed by atoms with van der Waals surface area (Å²) >= 11 is 1.56. The summed E-state index contributed by atoms with van der Waals surface area (Å²) in [7, 11) is 0. The first kappa shape index (κ1) is 13.9. The Hall–Kier alpha value is -0.130. The Morgan fingerprint density at radius 3 is 2.50 bits per heavy atom. The summed E-state index contributed by atoms with van der Waals surface area (Å²) in [6.45, 7) is 6.06. The lowest BCUT2D eigenvalue weighted by Gasteiger charge is -2.15. The number of hydrogen-bond acceptors (Lipinski definition) is 2. The Labute approximate surface area is 92.7 Å². The smallest absolute Gasteiger partial charge is 0.123 e. The first-order valence-corrected chi connectivity index (χ1v) is 6.47. The van der Waals surface area contributed by atoms with Crippen LogP contribution in [0.4, 0.5) is 0 Å². The molecule has 0 saturated heterocycles. The van der Waals surface area contributed by atoms with Crippen LogP contribution in [-0.2, 0) is 0 Å². The number of hydrogen-bond donors (Lipinski definition) is 1. The van der Waals surface area contributed by atoms with Gasteiger partial charge in [-0.3, -0.25) is 0 Å². The van der Waals surface area contributed by atoms with E-state index in [2.05, 4.69) is 25.0 Å². The lowest BCUT2D eigenvalue weighted by Crippen LogP contribution is -2.20. The molecule has 0 bridgehead atoms. The lowest BCUT2D eigenvalue weighted by atomic mass is 9.99. The molecule has 2 heteroatoms. The Balaban J connectivity index is 3.67. The van der Waals surface area contributed by atoms with Crippen molar-refractivity contribution in [1.82, 2.24) is 0 Å². The Bertz CT molecular complexity index is 188. The minimum Gasteiger partial charge on any atom is -0.378 e. The molecule has 0 saturated carbocycles. The van der Waals surface area contributed by atoms with Crippen LogP contribution in [0.15, 0.2) is 0 Å². The standard InChI is InChI=1S/C12H22OS/c1-4-6-7-8-9-12(3,13)10-11-14-5-2/h13H,4-9H2,1-3H3. The zero-order valence-corrected chi connectivity index (χ0v) is 10.4. The van der Waals surface area contributed by atoms with E-state index >= 15 is 0 Å². The molecule has 1 unspecified atom stereocenters. The molecular formula is C12H22OS. The third-order valence-electron chi connectivity index (χ3n) is 2.05. The van der Waals surface area contributed by atoms with Gasteiger partial charge in [0.25, 0.3) is 0 Å². The van der Waals surface area contributed by atoms with Crippen molar-refractivity contribution in [1.29, 1.82) is 0 Å². The van der Waals surface area contributed by atoms with Gasteiger partial charge in [0, 0.05) is 5.75 Å². The third-order valence-corrected chi connectivity index (χ3v) is 2.59. The molecule has 0 amide bonds. The number of rotatable bonds is 6. The zero-order chi connectivity index (χ0) is 10.9. The second-order valence-electron chi connectivity index (χ2n) is 3.74. The highest BCUT2D eigenvalue weighted by Crippen LogP contribution is 2.14. The number of thioether (sulfide) groups is 1. The van der Waals surface area contributed by atoms with Crippen molar-refractivity contribution in [2.45, 2.75) is 58.5 Å². The molecule has 0 aromatic heterocycles. The fraction of sp³-hybridized carbons (Fsp3) is 0.833. The average molecular weight is 214 g/mol. The van der Waals surface area contributed by atoms with Crippen molar-refractivity contribution in [2.75, 3.05) is 5.75 Å². The Morgan fingerprint density at radius 2 is 1.93 bits per heavy atom. The summed E-state index contributed by atoms with van der Waals surface area (Å²) < 4.78 is 0. The fourth-order valence-corrected chi connectivity index (χ4v) is 1.61. The molecule has 0 fully saturated rings. The number of aliphatic hydroxyl groups is 1. The molecule has 0 radical (unpaired) electrons. The van der Waals surface area contributed by atoms with E-state index in [9.17, 15) is 5.11 Å². The molecule has 1 N–H and O–H groups in total. The van der Waals surface area contributed by atoms with Gasteiger partial charge in [0.05, 0.1) is 0 Å². The summed E-state index contributed by atoms with van der Waals surface area (Å²) in [5.41, 5.74) is -0.782. The molecule has 82 valence electrons. The Morgan fingerprint density at radius 1 is 1.21 bits per heavy atom. The second kappa shape index (κ2) is 8.20. The van der Waals surface area contributed by atoms with Crippen LogP contribution < -0.4 is 0 Å². The molecule has 0 aliphatic carbocycles. The van der Waals surface area contributed by atoms with Crippen LogP contribution in [0.3, 0.4) is 0 Å². The molecule has 0 rings (SSSR count). The highest BCUT2D eigenvalue weighted by molar-refractivity contribution is 8.03. The van der Waals surface area contributed by atoms with Gasteiger partial charge in [-0.25, -0.2) is 0 Å². The van der Waals surface area contributed by atoms with E-state index in [0.29, 0.717) is 0 Å². The molecule has 0 aliphatic rings. The molecule has 0 heterocycles. The van der Waals surface area contributed by atoms with Gasteiger partial charge < -0.3 is 5.11 Å². The predicted molar refractivity (Wildman–Crippen MR) is 65.3 cm³/mol. The maximum atomic E-state index is 9.85. The molecule has 0 aromatic carbocycles. The van der Waals surface area contributed by atoms with E-state index < -0.39 is 5.60 Å². The largest absolute Gasteiger partial charge is 0.378 e. The summed E-state index contributed by atoms with van der Waals surface area (Å²) in [6, 6.07) is 0. The zero-order valence-electron chi connectivity index (χ0n) is 9.60. The minimum atomic E-state index is -0.782. The van der Waals surface area contributed by atoms with Gasteiger partial charge in [0.15, 0.2) is 0 Å². The molecule has 0 spiro atoms. The monoisotopic (exact) mass is 214 g/mol. The third kappa shape index (κ3) is 8.47. The summed E-state index contributed by atoms with van der Waals surface area (Å²) in [4.78, 5) is 0. The van der Waals surface area contributed by atoms with Crippen molar-refractivity contribution < 1.29 is 5.11 Å². The van der Waals surface area contributed by atoms with Crippen LogP contribution in [0, 0.1) is 11.2 Å². The molecule has 1 nitrogen and oxygen atoms in total. The van der Waals surface area contributed by atoms with Gasteiger partial charge in [-0.1, -0.05) is 50.8 Å². The van der Waals surface area contributed by atoms with Gasteiger partial charge >= 0.3 is 0 Å². The highest BCUT2D eigenvalue weighted by atomic mass is 32.2. The summed E-state index contributed by atoms with van der Waals surface area (Å²) in [5.74, 6) is 3.89. The van der Waals surface area contributed by atoms with E-state index in [-0.39, 0.29) is 0 Å².